The van der Waals surface area contributed by atoms with Gasteiger partial charge in [0.05, 0.1) is 17.7 Å². The average molecular weight is 662 g/mol. The van der Waals surface area contributed by atoms with Crippen molar-refractivity contribution in [3.63, 3.8) is 0 Å². The minimum Gasteiger partial charge on any atom is -0.497 e. The summed E-state index contributed by atoms with van der Waals surface area (Å²) in [5.74, 6) is -0.302. The second-order valence-corrected chi connectivity index (χ2v) is 13.3. The van der Waals surface area contributed by atoms with Crippen molar-refractivity contribution in [1.82, 2.24) is 10.2 Å². The summed E-state index contributed by atoms with van der Waals surface area (Å²) >= 11 is 6.15. The van der Waals surface area contributed by atoms with E-state index in [0.717, 1.165) is 33.8 Å². The van der Waals surface area contributed by atoms with Gasteiger partial charge in [-0.25, -0.2) is 8.42 Å². The molecular formula is C36H40ClN3O5S. The molecule has 0 unspecified atom stereocenters. The molecule has 0 aliphatic heterocycles. The summed E-state index contributed by atoms with van der Waals surface area (Å²) in [5, 5.41) is 3.53. The SMILES string of the molecule is CCCCNC(=O)[C@H](Cc1ccccc1)N(Cc1ccc(Cl)cc1)C(=O)CN(c1ccc(OC)cc1)S(=O)(=O)c1ccc(C)cc1. The molecule has 0 bridgehead atoms. The van der Waals surface area contributed by atoms with E-state index >= 15 is 0 Å². The van der Waals surface area contributed by atoms with Crippen LogP contribution in [0.1, 0.15) is 36.5 Å². The lowest BCUT2D eigenvalue weighted by Crippen LogP contribution is -2.53. The molecular weight excluding hydrogens is 622 g/mol. The summed E-state index contributed by atoms with van der Waals surface area (Å²) in [5.41, 5.74) is 2.80. The number of hydrogen-bond acceptors (Lipinski definition) is 5. The molecule has 4 aromatic rings. The van der Waals surface area contributed by atoms with E-state index in [9.17, 15) is 18.0 Å². The van der Waals surface area contributed by atoms with Crippen LogP contribution in [0.25, 0.3) is 0 Å². The summed E-state index contributed by atoms with van der Waals surface area (Å²) in [4.78, 5) is 29.8. The van der Waals surface area contributed by atoms with Crippen LogP contribution in [0.5, 0.6) is 5.75 Å². The number of unbranched alkanes of at least 4 members (excludes halogenated alkanes) is 1. The van der Waals surface area contributed by atoms with E-state index in [1.807, 2.05) is 44.2 Å². The van der Waals surface area contributed by atoms with Crippen molar-refractivity contribution in [2.24, 2.45) is 0 Å². The number of anilines is 1. The summed E-state index contributed by atoms with van der Waals surface area (Å²) in [6.07, 6.45) is 1.92. The number of halogens is 1. The number of hydrogen-bond donors (Lipinski definition) is 1. The third kappa shape index (κ3) is 9.11. The van der Waals surface area contributed by atoms with E-state index in [0.29, 0.717) is 17.3 Å². The monoisotopic (exact) mass is 661 g/mol. The first-order chi connectivity index (χ1) is 22.1. The highest BCUT2D eigenvalue weighted by atomic mass is 35.5. The number of carbonyl (C=O) groups is 2. The Bertz CT molecular complexity index is 1680. The highest BCUT2D eigenvalue weighted by molar-refractivity contribution is 7.92. The number of ether oxygens (including phenoxy) is 1. The largest absolute Gasteiger partial charge is 0.497 e. The molecule has 0 fully saturated rings. The van der Waals surface area contributed by atoms with Crippen LogP contribution in [0.3, 0.4) is 0 Å². The normalized spacial score (nSPS) is 11.8. The van der Waals surface area contributed by atoms with Crippen LogP contribution in [0, 0.1) is 6.92 Å². The van der Waals surface area contributed by atoms with Crippen molar-refractivity contribution in [2.45, 2.75) is 50.6 Å². The van der Waals surface area contributed by atoms with Gasteiger partial charge in [-0.05, 0) is 73.0 Å². The second kappa shape index (κ2) is 16.3. The fourth-order valence-electron chi connectivity index (χ4n) is 4.96. The number of methoxy groups -OCH3 is 1. The summed E-state index contributed by atoms with van der Waals surface area (Å²) < 4.78 is 34.7. The first kappa shape index (κ1) is 34.5. The molecule has 0 spiro atoms. The number of aryl methyl sites for hydroxylation is 1. The lowest BCUT2D eigenvalue weighted by Gasteiger charge is -2.34. The van der Waals surface area contributed by atoms with E-state index < -0.39 is 28.5 Å². The van der Waals surface area contributed by atoms with Gasteiger partial charge in [0.15, 0.2) is 0 Å². The standard InChI is InChI=1S/C36H40ClN3O5S/c1-4-5-23-38-36(42)34(24-28-9-7-6-8-10-28)39(25-29-13-15-30(37)16-14-29)35(41)26-40(31-17-19-32(45-3)20-18-31)46(43,44)33-21-11-27(2)12-22-33/h6-22,34H,4-5,23-26H2,1-3H3,(H,38,42)/t34-/m0/s1. The zero-order valence-corrected chi connectivity index (χ0v) is 27.9. The predicted octanol–water partition coefficient (Wildman–Crippen LogP) is 6.41. The number of carbonyl (C=O) groups excluding carboxylic acids is 2. The quantitative estimate of drug-likeness (QED) is 0.149. The molecule has 0 saturated carbocycles. The van der Waals surface area contributed by atoms with Gasteiger partial charge in [0.1, 0.15) is 18.3 Å². The van der Waals surface area contributed by atoms with Crippen molar-refractivity contribution < 1.29 is 22.7 Å². The van der Waals surface area contributed by atoms with Crippen molar-refractivity contribution >= 4 is 39.1 Å². The number of sulfonamides is 1. The van der Waals surface area contributed by atoms with E-state index in [1.54, 1.807) is 60.7 Å². The smallest absolute Gasteiger partial charge is 0.264 e. The van der Waals surface area contributed by atoms with Crippen molar-refractivity contribution in [2.75, 3.05) is 24.5 Å². The van der Waals surface area contributed by atoms with Crippen LogP contribution in [0.15, 0.2) is 108 Å². The summed E-state index contributed by atoms with van der Waals surface area (Å²) in [7, 11) is -2.67. The van der Waals surface area contributed by atoms with Crippen LogP contribution in [0.2, 0.25) is 5.02 Å². The maximum atomic E-state index is 14.5. The van der Waals surface area contributed by atoms with Crippen molar-refractivity contribution in [3.8, 4) is 5.75 Å². The average Bonchev–Trinajstić information content (AvgIpc) is 3.06. The first-order valence-corrected chi connectivity index (χ1v) is 17.0. The molecule has 242 valence electrons. The zero-order valence-electron chi connectivity index (χ0n) is 26.4. The molecule has 8 nitrogen and oxygen atoms in total. The highest BCUT2D eigenvalue weighted by Gasteiger charge is 2.34. The van der Waals surface area contributed by atoms with Gasteiger partial charge in [0.2, 0.25) is 11.8 Å². The van der Waals surface area contributed by atoms with Gasteiger partial charge in [0.25, 0.3) is 10.0 Å². The van der Waals surface area contributed by atoms with E-state index in [2.05, 4.69) is 5.32 Å². The molecule has 10 heteroatoms. The second-order valence-electron chi connectivity index (χ2n) is 11.0. The Morgan fingerprint density at radius 3 is 2.13 bits per heavy atom. The van der Waals surface area contributed by atoms with Crippen molar-refractivity contribution in [3.05, 3.63) is 125 Å². The Kier molecular flexibility index (Phi) is 12.2. The highest BCUT2D eigenvalue weighted by Crippen LogP contribution is 2.27. The Balaban J connectivity index is 1.78. The Morgan fingerprint density at radius 2 is 1.52 bits per heavy atom. The van der Waals surface area contributed by atoms with E-state index in [1.165, 1.54) is 24.1 Å². The van der Waals surface area contributed by atoms with Gasteiger partial charge in [-0.2, -0.15) is 0 Å². The molecule has 0 radical (unpaired) electrons. The molecule has 2 amide bonds. The number of nitrogens with zero attached hydrogens (tertiary/aromatic N) is 2. The number of amides is 2. The molecule has 0 heterocycles. The minimum atomic E-state index is -4.19. The van der Waals surface area contributed by atoms with Crippen LogP contribution in [-0.2, 0) is 32.6 Å². The summed E-state index contributed by atoms with van der Waals surface area (Å²) in [6.45, 7) is 3.89. The predicted molar refractivity (Wildman–Crippen MR) is 183 cm³/mol. The molecule has 0 aliphatic carbocycles. The van der Waals surface area contributed by atoms with Gasteiger partial charge >= 0.3 is 0 Å². The third-order valence-electron chi connectivity index (χ3n) is 7.62. The molecule has 1 atom stereocenters. The molecule has 4 rings (SSSR count). The van der Waals surface area contributed by atoms with Gasteiger partial charge in [0, 0.05) is 24.5 Å². The van der Waals surface area contributed by atoms with Gasteiger partial charge in [-0.3, -0.25) is 13.9 Å². The Hall–Kier alpha value is -4.34. The van der Waals surface area contributed by atoms with Crippen LogP contribution >= 0.6 is 11.6 Å². The third-order valence-corrected chi connectivity index (χ3v) is 9.66. The lowest BCUT2D eigenvalue weighted by molar-refractivity contribution is -0.140. The Morgan fingerprint density at radius 1 is 0.870 bits per heavy atom. The number of benzene rings is 4. The fourth-order valence-corrected chi connectivity index (χ4v) is 6.50. The van der Waals surface area contributed by atoms with Crippen molar-refractivity contribution in [1.29, 1.82) is 0 Å². The van der Waals surface area contributed by atoms with Crippen LogP contribution in [-0.4, -0.2) is 51.4 Å². The van der Waals surface area contributed by atoms with Crippen LogP contribution in [0.4, 0.5) is 5.69 Å². The molecule has 0 aliphatic rings. The number of nitrogens with one attached hydrogen (secondary N) is 1. The first-order valence-electron chi connectivity index (χ1n) is 15.2. The topological polar surface area (TPSA) is 96.0 Å². The van der Waals surface area contributed by atoms with Gasteiger partial charge in [-0.15, -0.1) is 0 Å². The minimum absolute atomic E-state index is 0.0455. The maximum absolute atomic E-state index is 14.5. The van der Waals surface area contributed by atoms with Gasteiger partial charge in [-0.1, -0.05) is 85.1 Å². The molecule has 0 saturated heterocycles. The fraction of sp³-hybridized carbons (Fsp3) is 0.278. The molecule has 0 aromatic heterocycles. The molecule has 1 N–H and O–H groups in total. The van der Waals surface area contributed by atoms with E-state index in [4.69, 9.17) is 16.3 Å². The lowest BCUT2D eigenvalue weighted by atomic mass is 10.0. The zero-order chi connectivity index (χ0) is 33.1. The molecule has 4 aromatic carbocycles. The Labute approximate surface area is 277 Å². The van der Waals surface area contributed by atoms with Gasteiger partial charge < -0.3 is 15.0 Å². The van der Waals surface area contributed by atoms with Crippen LogP contribution < -0.4 is 14.4 Å². The van der Waals surface area contributed by atoms with E-state index in [-0.39, 0.29) is 29.5 Å². The number of rotatable bonds is 15. The summed E-state index contributed by atoms with van der Waals surface area (Å²) in [6, 6.07) is 28.5. The molecule has 46 heavy (non-hydrogen) atoms. The maximum Gasteiger partial charge on any atom is 0.264 e.